The fraction of sp³-hybridized carbons (Fsp3) is 0.483. The summed E-state index contributed by atoms with van der Waals surface area (Å²) in [6, 6.07) is 7.74. The van der Waals surface area contributed by atoms with Crippen LogP contribution in [0.4, 0.5) is 5.00 Å². The lowest BCUT2D eigenvalue weighted by molar-refractivity contribution is -0.131. The Morgan fingerprint density at radius 1 is 1.23 bits per heavy atom. The summed E-state index contributed by atoms with van der Waals surface area (Å²) in [5.41, 5.74) is 1.13. The zero-order valence-electron chi connectivity index (χ0n) is 23.9. The molecule has 210 valence electrons. The van der Waals surface area contributed by atoms with Gasteiger partial charge in [-0.2, -0.15) is 0 Å². The summed E-state index contributed by atoms with van der Waals surface area (Å²) in [6.45, 7) is 13.9. The van der Waals surface area contributed by atoms with Gasteiger partial charge in [0.15, 0.2) is 0 Å². The van der Waals surface area contributed by atoms with Gasteiger partial charge in [-0.15, -0.1) is 11.3 Å². The van der Waals surface area contributed by atoms with Crippen LogP contribution in [0.3, 0.4) is 0 Å². The quantitative estimate of drug-likeness (QED) is 0.358. The number of rotatable bonds is 10. The van der Waals surface area contributed by atoms with Gasteiger partial charge in [-0.25, -0.2) is 4.98 Å². The SMILES string of the molecule is COc1ccccc1[C@H](CN1CN(C(C)(C)C(=O)NC(C)C)C(=O)c2c1sc(-c1ncco1)c2C)OC(C)C. The number of methoxy groups -OCH3 is 1. The van der Waals surface area contributed by atoms with Crippen molar-refractivity contribution in [2.45, 2.75) is 72.3 Å². The average Bonchev–Trinajstić information content (AvgIpc) is 3.52. The first-order chi connectivity index (χ1) is 18.4. The maximum atomic E-state index is 14.1. The van der Waals surface area contributed by atoms with Crippen molar-refractivity contribution in [1.82, 2.24) is 15.2 Å². The third-order valence-corrected chi connectivity index (χ3v) is 8.11. The van der Waals surface area contributed by atoms with Gasteiger partial charge in [-0.05, 0) is 60.1 Å². The molecule has 0 spiro atoms. The highest BCUT2D eigenvalue weighted by Gasteiger charge is 2.45. The number of nitrogens with zero attached hydrogens (tertiary/aromatic N) is 3. The van der Waals surface area contributed by atoms with Crippen molar-refractivity contribution in [3.63, 3.8) is 0 Å². The predicted molar refractivity (Wildman–Crippen MR) is 152 cm³/mol. The Balaban J connectivity index is 1.82. The van der Waals surface area contributed by atoms with Gasteiger partial charge in [0.2, 0.25) is 11.8 Å². The molecule has 0 fully saturated rings. The minimum absolute atomic E-state index is 0.0527. The summed E-state index contributed by atoms with van der Waals surface area (Å²) < 4.78 is 17.7. The Labute approximate surface area is 234 Å². The number of benzene rings is 1. The van der Waals surface area contributed by atoms with E-state index >= 15 is 0 Å². The molecule has 0 saturated carbocycles. The topological polar surface area (TPSA) is 97.1 Å². The van der Waals surface area contributed by atoms with Gasteiger partial charge in [0.05, 0.1) is 43.1 Å². The molecular weight excluding hydrogens is 516 g/mol. The summed E-state index contributed by atoms with van der Waals surface area (Å²) in [5.74, 6) is 0.778. The van der Waals surface area contributed by atoms with E-state index in [1.54, 1.807) is 32.1 Å². The molecule has 3 aromatic rings. The van der Waals surface area contributed by atoms with Crippen LogP contribution in [0.25, 0.3) is 10.8 Å². The number of aromatic nitrogens is 1. The van der Waals surface area contributed by atoms with Crippen LogP contribution in [-0.4, -0.2) is 59.7 Å². The maximum Gasteiger partial charge on any atom is 0.259 e. The first kappa shape index (κ1) is 28.6. The van der Waals surface area contributed by atoms with Crippen molar-refractivity contribution >= 4 is 28.2 Å². The van der Waals surface area contributed by atoms with Crippen molar-refractivity contribution in [2.75, 3.05) is 25.2 Å². The number of anilines is 1. The van der Waals surface area contributed by atoms with Crippen LogP contribution in [-0.2, 0) is 9.53 Å². The van der Waals surface area contributed by atoms with E-state index in [0.29, 0.717) is 18.0 Å². The van der Waals surface area contributed by atoms with Gasteiger partial charge in [0.25, 0.3) is 5.91 Å². The van der Waals surface area contributed by atoms with E-state index in [9.17, 15) is 9.59 Å². The number of oxazole rings is 1. The van der Waals surface area contributed by atoms with Crippen molar-refractivity contribution < 1.29 is 23.5 Å². The Hall–Kier alpha value is -3.37. The Morgan fingerprint density at radius 2 is 1.95 bits per heavy atom. The van der Waals surface area contributed by atoms with Crippen molar-refractivity contribution in [2.24, 2.45) is 0 Å². The number of thiophene rings is 1. The molecule has 1 aromatic carbocycles. The fourth-order valence-corrected chi connectivity index (χ4v) is 6.00. The van der Waals surface area contributed by atoms with Gasteiger partial charge in [0, 0.05) is 11.6 Å². The lowest BCUT2D eigenvalue weighted by Crippen LogP contribution is -2.62. The van der Waals surface area contributed by atoms with Gasteiger partial charge < -0.3 is 29.0 Å². The van der Waals surface area contributed by atoms with Gasteiger partial charge in [0.1, 0.15) is 28.7 Å². The molecule has 0 aliphatic carbocycles. The number of amides is 2. The van der Waals surface area contributed by atoms with Crippen molar-refractivity contribution in [1.29, 1.82) is 0 Å². The Kier molecular flexibility index (Phi) is 8.37. The smallest absolute Gasteiger partial charge is 0.259 e. The summed E-state index contributed by atoms with van der Waals surface area (Å²) in [7, 11) is 1.64. The molecule has 1 atom stereocenters. The highest BCUT2D eigenvalue weighted by atomic mass is 32.1. The predicted octanol–water partition coefficient (Wildman–Crippen LogP) is 5.41. The van der Waals surface area contributed by atoms with Crippen LogP contribution in [0, 0.1) is 6.92 Å². The second kappa shape index (κ2) is 11.4. The number of hydrogen-bond acceptors (Lipinski definition) is 8. The monoisotopic (exact) mass is 554 g/mol. The van der Waals surface area contributed by atoms with E-state index < -0.39 is 5.54 Å². The molecule has 1 aliphatic rings. The molecule has 39 heavy (non-hydrogen) atoms. The fourth-order valence-electron chi connectivity index (χ4n) is 4.75. The molecule has 0 bridgehead atoms. The summed E-state index contributed by atoms with van der Waals surface area (Å²) >= 11 is 1.46. The summed E-state index contributed by atoms with van der Waals surface area (Å²) in [6.07, 6.45) is 2.70. The average molecular weight is 555 g/mol. The zero-order valence-corrected chi connectivity index (χ0v) is 24.7. The molecule has 0 unspecified atom stereocenters. The molecule has 1 N–H and O–H groups in total. The van der Waals surface area contributed by atoms with Crippen LogP contribution in [0.5, 0.6) is 5.75 Å². The second-order valence-electron chi connectivity index (χ2n) is 10.8. The molecule has 1 aliphatic heterocycles. The number of para-hydroxylation sites is 1. The first-order valence-electron chi connectivity index (χ1n) is 13.1. The minimum Gasteiger partial charge on any atom is -0.496 e. The minimum atomic E-state index is -1.10. The van der Waals surface area contributed by atoms with Crippen LogP contribution in [0.15, 0.2) is 41.1 Å². The number of nitrogens with one attached hydrogen (secondary N) is 1. The van der Waals surface area contributed by atoms with Gasteiger partial charge in [-0.1, -0.05) is 18.2 Å². The summed E-state index contributed by atoms with van der Waals surface area (Å²) in [4.78, 5) is 36.2. The number of fused-ring (bicyclic) bond motifs is 1. The van der Waals surface area contributed by atoms with Gasteiger partial charge >= 0.3 is 0 Å². The van der Waals surface area contributed by atoms with Crippen molar-refractivity contribution in [3.05, 3.63) is 53.4 Å². The van der Waals surface area contributed by atoms with Gasteiger partial charge in [-0.3, -0.25) is 9.59 Å². The van der Waals surface area contributed by atoms with Crippen LogP contribution in [0.1, 0.15) is 69.1 Å². The van der Waals surface area contributed by atoms with Crippen molar-refractivity contribution in [3.8, 4) is 16.5 Å². The molecule has 3 heterocycles. The highest BCUT2D eigenvalue weighted by Crippen LogP contribution is 2.46. The summed E-state index contributed by atoms with van der Waals surface area (Å²) in [5, 5.41) is 3.77. The zero-order chi connectivity index (χ0) is 28.5. The molecule has 10 heteroatoms. The standard InChI is InChI=1S/C29H38N4O5S/c1-17(2)31-28(35)29(6,7)33-16-32(15-22(38-18(3)4)20-11-9-10-12-21(20)36-8)27-23(26(33)34)19(5)24(39-27)25-30-13-14-37-25/h9-14,17-18,22H,15-16H2,1-8H3,(H,31,35)/t22-/m0/s1. The molecular formula is C29H38N4O5S. The molecule has 0 radical (unpaired) electrons. The first-order valence-corrected chi connectivity index (χ1v) is 14.0. The van der Waals surface area contributed by atoms with E-state index in [2.05, 4.69) is 15.2 Å². The largest absolute Gasteiger partial charge is 0.496 e. The Bertz CT molecular complexity index is 1320. The number of carbonyl (C=O) groups excluding carboxylic acids is 2. The third-order valence-electron chi connectivity index (χ3n) is 6.77. The normalized spacial score (nSPS) is 14.7. The molecule has 9 nitrogen and oxygen atoms in total. The number of carbonyl (C=O) groups is 2. The van der Waals surface area contributed by atoms with E-state index in [0.717, 1.165) is 26.8 Å². The Morgan fingerprint density at radius 3 is 2.56 bits per heavy atom. The van der Waals surface area contributed by atoms with Crippen LogP contribution >= 0.6 is 11.3 Å². The third kappa shape index (κ3) is 5.67. The number of ether oxygens (including phenoxy) is 2. The maximum absolute atomic E-state index is 14.1. The van der Waals surface area contributed by atoms with E-state index in [1.807, 2.05) is 58.9 Å². The lowest BCUT2D eigenvalue weighted by Gasteiger charge is -2.45. The molecule has 2 amide bonds. The second-order valence-corrected chi connectivity index (χ2v) is 11.8. The lowest BCUT2D eigenvalue weighted by atomic mass is 9.97. The van der Waals surface area contributed by atoms with Crippen LogP contribution in [0.2, 0.25) is 0 Å². The van der Waals surface area contributed by atoms with E-state index in [4.69, 9.17) is 13.9 Å². The molecule has 4 rings (SSSR count). The molecule has 0 saturated heterocycles. The van der Waals surface area contributed by atoms with E-state index in [1.165, 1.54) is 17.6 Å². The highest BCUT2D eigenvalue weighted by molar-refractivity contribution is 7.20. The number of hydrogen-bond donors (Lipinski definition) is 1. The van der Waals surface area contributed by atoms with Crippen LogP contribution < -0.4 is 15.0 Å². The van der Waals surface area contributed by atoms with E-state index in [-0.39, 0.29) is 36.7 Å². The molecule has 2 aromatic heterocycles.